The molecule has 1 fully saturated rings. The maximum atomic E-state index is 13.7. The summed E-state index contributed by atoms with van der Waals surface area (Å²) in [6.45, 7) is 3.68. The average molecular weight is 392 g/mol. The predicted octanol–water partition coefficient (Wildman–Crippen LogP) is 3.69. The Balaban J connectivity index is 1.59. The molecule has 0 spiro atoms. The predicted molar refractivity (Wildman–Crippen MR) is 95.8 cm³/mol. The van der Waals surface area contributed by atoms with Gasteiger partial charge < -0.3 is 10.2 Å². The van der Waals surface area contributed by atoms with Crippen LogP contribution in [0.4, 0.5) is 10.2 Å². The molecule has 1 N–H and O–H groups in total. The largest absolute Gasteiger partial charge is 0.356 e. The zero-order chi connectivity index (χ0) is 17.1. The van der Waals surface area contributed by atoms with Crippen molar-refractivity contribution in [2.75, 3.05) is 18.0 Å². The Bertz CT molecular complexity index is 745. The molecular formula is C18H19BrFN3O. The second kappa shape index (κ2) is 7.30. The lowest BCUT2D eigenvalue weighted by molar-refractivity contribution is 0.0927. The van der Waals surface area contributed by atoms with Crippen LogP contribution in [0.3, 0.4) is 0 Å². The number of halogens is 2. The van der Waals surface area contributed by atoms with E-state index in [1.807, 2.05) is 13.0 Å². The fourth-order valence-electron chi connectivity index (χ4n) is 3.01. The molecule has 0 unspecified atom stereocenters. The van der Waals surface area contributed by atoms with Crippen molar-refractivity contribution in [2.24, 2.45) is 0 Å². The van der Waals surface area contributed by atoms with Gasteiger partial charge in [-0.1, -0.05) is 12.1 Å². The Labute approximate surface area is 149 Å². The van der Waals surface area contributed by atoms with Crippen molar-refractivity contribution < 1.29 is 9.18 Å². The summed E-state index contributed by atoms with van der Waals surface area (Å²) < 4.78 is 14.6. The molecule has 4 nitrogen and oxygen atoms in total. The molecule has 0 atom stereocenters. The van der Waals surface area contributed by atoms with Crippen LogP contribution in [0.1, 0.15) is 28.8 Å². The van der Waals surface area contributed by atoms with Crippen LogP contribution in [0, 0.1) is 12.7 Å². The number of piperidine rings is 1. The normalized spacial score (nSPS) is 15.4. The van der Waals surface area contributed by atoms with Gasteiger partial charge >= 0.3 is 0 Å². The van der Waals surface area contributed by atoms with E-state index in [-0.39, 0.29) is 17.5 Å². The monoisotopic (exact) mass is 391 g/mol. The number of amides is 1. The van der Waals surface area contributed by atoms with Crippen molar-refractivity contribution in [1.82, 2.24) is 10.3 Å². The molecule has 3 rings (SSSR count). The maximum Gasteiger partial charge on any atom is 0.254 e. The number of aromatic nitrogens is 1. The summed E-state index contributed by atoms with van der Waals surface area (Å²) in [5, 5.41) is 2.94. The van der Waals surface area contributed by atoms with E-state index in [1.165, 1.54) is 12.1 Å². The van der Waals surface area contributed by atoms with Crippen LogP contribution >= 0.6 is 15.9 Å². The summed E-state index contributed by atoms with van der Waals surface area (Å²) in [5.41, 5.74) is 1.23. The highest BCUT2D eigenvalue weighted by molar-refractivity contribution is 9.10. The minimum Gasteiger partial charge on any atom is -0.356 e. The van der Waals surface area contributed by atoms with E-state index < -0.39 is 5.82 Å². The summed E-state index contributed by atoms with van der Waals surface area (Å²) in [7, 11) is 0. The Morgan fingerprint density at radius 2 is 2.04 bits per heavy atom. The molecule has 1 amide bonds. The van der Waals surface area contributed by atoms with E-state index in [0.29, 0.717) is 0 Å². The summed E-state index contributed by atoms with van der Waals surface area (Å²) in [4.78, 5) is 18.9. The van der Waals surface area contributed by atoms with Gasteiger partial charge in [0.25, 0.3) is 5.91 Å². The Hall–Kier alpha value is -1.95. The Morgan fingerprint density at radius 3 is 2.71 bits per heavy atom. The molecule has 2 heterocycles. The highest BCUT2D eigenvalue weighted by atomic mass is 79.9. The molecule has 2 aromatic rings. The average Bonchev–Trinajstić information content (AvgIpc) is 2.56. The number of benzene rings is 1. The van der Waals surface area contributed by atoms with Crippen LogP contribution in [0.15, 0.2) is 41.0 Å². The molecule has 1 aromatic heterocycles. The van der Waals surface area contributed by atoms with Crippen molar-refractivity contribution in [3.63, 3.8) is 0 Å². The first-order valence-electron chi connectivity index (χ1n) is 7.97. The van der Waals surface area contributed by atoms with Crippen LogP contribution in [-0.4, -0.2) is 30.0 Å². The van der Waals surface area contributed by atoms with E-state index in [9.17, 15) is 9.18 Å². The smallest absolute Gasteiger partial charge is 0.254 e. The summed E-state index contributed by atoms with van der Waals surface area (Å²) in [6, 6.07) is 8.17. The number of rotatable bonds is 3. The van der Waals surface area contributed by atoms with Crippen molar-refractivity contribution in [3.05, 3.63) is 57.9 Å². The second-order valence-electron chi connectivity index (χ2n) is 6.01. The summed E-state index contributed by atoms with van der Waals surface area (Å²) in [5.74, 6) is 0.156. The summed E-state index contributed by atoms with van der Waals surface area (Å²) >= 11 is 3.43. The van der Waals surface area contributed by atoms with Crippen LogP contribution in [0.5, 0.6) is 0 Å². The lowest BCUT2D eigenvalue weighted by atomic mass is 10.0. The third-order valence-corrected chi connectivity index (χ3v) is 4.70. The number of nitrogens with zero attached hydrogens (tertiary/aromatic N) is 2. The molecule has 1 aliphatic rings. The van der Waals surface area contributed by atoms with Crippen LogP contribution in [0.25, 0.3) is 0 Å². The molecule has 1 saturated heterocycles. The van der Waals surface area contributed by atoms with Crippen LogP contribution in [0.2, 0.25) is 0 Å². The first-order chi connectivity index (χ1) is 11.5. The minimum absolute atomic E-state index is 0.0594. The molecule has 1 aliphatic heterocycles. The minimum atomic E-state index is -0.484. The zero-order valence-corrected chi connectivity index (χ0v) is 15.0. The van der Waals surface area contributed by atoms with Gasteiger partial charge in [-0.25, -0.2) is 9.37 Å². The second-order valence-corrected chi connectivity index (χ2v) is 6.92. The van der Waals surface area contributed by atoms with Gasteiger partial charge in [0.15, 0.2) is 0 Å². The highest BCUT2D eigenvalue weighted by Gasteiger charge is 2.23. The zero-order valence-electron chi connectivity index (χ0n) is 13.4. The SMILES string of the molecule is Cc1cc(Br)cnc1N1CCC(NC(=O)c2ccccc2F)CC1. The molecule has 0 bridgehead atoms. The summed E-state index contributed by atoms with van der Waals surface area (Å²) in [6.07, 6.45) is 3.43. The van der Waals surface area contributed by atoms with E-state index in [1.54, 1.807) is 18.3 Å². The van der Waals surface area contributed by atoms with Gasteiger partial charge in [0.05, 0.1) is 5.56 Å². The molecule has 1 aromatic carbocycles. The van der Waals surface area contributed by atoms with Crippen molar-refractivity contribution in [3.8, 4) is 0 Å². The standard InChI is InChI=1S/C18H19BrFN3O/c1-12-10-13(19)11-21-17(12)23-8-6-14(7-9-23)22-18(24)15-4-2-3-5-16(15)20/h2-5,10-11,14H,6-9H2,1H3,(H,22,24). The van der Waals surface area contributed by atoms with E-state index in [2.05, 4.69) is 31.1 Å². The van der Waals surface area contributed by atoms with Gasteiger partial charge in [0, 0.05) is 29.8 Å². The molecule has 0 saturated carbocycles. The first-order valence-corrected chi connectivity index (χ1v) is 8.76. The number of anilines is 1. The molecule has 6 heteroatoms. The number of nitrogens with one attached hydrogen (secondary N) is 1. The van der Waals surface area contributed by atoms with E-state index in [0.717, 1.165) is 41.8 Å². The number of hydrogen-bond acceptors (Lipinski definition) is 3. The highest BCUT2D eigenvalue weighted by Crippen LogP contribution is 2.24. The Morgan fingerprint density at radius 1 is 1.33 bits per heavy atom. The first kappa shape index (κ1) is 16.9. The van der Waals surface area contributed by atoms with Crippen LogP contribution < -0.4 is 10.2 Å². The number of carbonyl (C=O) groups is 1. The fourth-order valence-corrected chi connectivity index (χ4v) is 3.45. The lowest BCUT2D eigenvalue weighted by Crippen LogP contribution is -2.45. The number of aryl methyl sites for hydroxylation is 1. The lowest BCUT2D eigenvalue weighted by Gasteiger charge is -2.34. The number of pyridine rings is 1. The number of hydrogen-bond donors (Lipinski definition) is 1. The molecule has 0 radical (unpaired) electrons. The van der Waals surface area contributed by atoms with Crippen molar-refractivity contribution >= 4 is 27.7 Å². The molecular weight excluding hydrogens is 373 g/mol. The third kappa shape index (κ3) is 3.75. The van der Waals surface area contributed by atoms with E-state index in [4.69, 9.17) is 0 Å². The molecule has 126 valence electrons. The topological polar surface area (TPSA) is 45.2 Å². The van der Waals surface area contributed by atoms with Crippen molar-refractivity contribution in [2.45, 2.75) is 25.8 Å². The number of carbonyl (C=O) groups excluding carboxylic acids is 1. The van der Waals surface area contributed by atoms with E-state index >= 15 is 0 Å². The van der Waals surface area contributed by atoms with Gasteiger partial charge in [-0.3, -0.25) is 4.79 Å². The van der Waals surface area contributed by atoms with Crippen molar-refractivity contribution in [1.29, 1.82) is 0 Å². The van der Waals surface area contributed by atoms with Gasteiger partial charge in [-0.05, 0) is 59.5 Å². The third-order valence-electron chi connectivity index (χ3n) is 4.27. The molecule has 24 heavy (non-hydrogen) atoms. The quantitative estimate of drug-likeness (QED) is 0.867. The van der Waals surface area contributed by atoms with Crippen LogP contribution in [-0.2, 0) is 0 Å². The fraction of sp³-hybridized carbons (Fsp3) is 0.333. The maximum absolute atomic E-state index is 13.7. The van der Waals surface area contributed by atoms with Gasteiger partial charge in [-0.2, -0.15) is 0 Å². The van der Waals surface area contributed by atoms with Gasteiger partial charge in [0.1, 0.15) is 11.6 Å². The Kier molecular flexibility index (Phi) is 5.14. The van der Waals surface area contributed by atoms with Gasteiger partial charge in [-0.15, -0.1) is 0 Å². The van der Waals surface area contributed by atoms with Gasteiger partial charge in [0.2, 0.25) is 0 Å². The molecule has 0 aliphatic carbocycles.